The zero-order valence-corrected chi connectivity index (χ0v) is 15.9. The molecule has 0 aliphatic heterocycles. The van der Waals surface area contributed by atoms with Gasteiger partial charge in [-0.3, -0.25) is 0 Å². The first-order valence-electron chi connectivity index (χ1n) is 8.46. The van der Waals surface area contributed by atoms with E-state index >= 15 is 0 Å². The van der Waals surface area contributed by atoms with E-state index in [0.717, 1.165) is 16.8 Å². The number of hydrogen-bond donors (Lipinski definition) is 1. The number of sulfonamides is 1. The summed E-state index contributed by atoms with van der Waals surface area (Å²) in [5.41, 5.74) is 4.20. The Morgan fingerprint density at radius 3 is 2.42 bits per heavy atom. The summed E-state index contributed by atoms with van der Waals surface area (Å²) in [6.45, 7) is 5.90. The Kier molecular flexibility index (Phi) is 5.25. The van der Waals surface area contributed by atoms with Gasteiger partial charge in [0.1, 0.15) is 0 Å². The monoisotopic (exact) mass is 370 g/mol. The number of nitrogens with one attached hydrogen (secondary N) is 1. The van der Waals surface area contributed by atoms with Crippen LogP contribution in [0.5, 0.6) is 0 Å². The average Bonchev–Trinajstić information content (AvgIpc) is 2.95. The highest BCUT2D eigenvalue weighted by Gasteiger charge is 2.19. The van der Waals surface area contributed by atoms with Crippen LogP contribution in [0.3, 0.4) is 0 Å². The minimum absolute atomic E-state index is 0.261. The number of rotatable bonds is 6. The molecule has 3 rings (SSSR count). The number of aromatic nitrogens is 1. The van der Waals surface area contributed by atoms with Crippen molar-refractivity contribution in [2.24, 2.45) is 0 Å². The molecule has 3 aromatic rings. The molecule has 0 amide bonds. The first-order chi connectivity index (χ1) is 12.4. The van der Waals surface area contributed by atoms with Crippen LogP contribution in [0.25, 0.3) is 11.3 Å². The summed E-state index contributed by atoms with van der Waals surface area (Å²) in [4.78, 5) is 0.261. The van der Waals surface area contributed by atoms with Crippen LogP contribution in [0.2, 0.25) is 0 Å². The van der Waals surface area contributed by atoms with Crippen molar-refractivity contribution in [2.45, 2.75) is 32.1 Å². The van der Waals surface area contributed by atoms with Gasteiger partial charge in [0.05, 0.1) is 10.6 Å². The molecule has 0 atom stereocenters. The fourth-order valence-electron chi connectivity index (χ4n) is 2.77. The van der Waals surface area contributed by atoms with Gasteiger partial charge < -0.3 is 4.52 Å². The Labute approximate surface area is 154 Å². The molecule has 2 aromatic carbocycles. The minimum Gasteiger partial charge on any atom is -0.356 e. The van der Waals surface area contributed by atoms with Gasteiger partial charge in [0, 0.05) is 17.7 Å². The Morgan fingerprint density at radius 2 is 1.77 bits per heavy atom. The lowest BCUT2D eigenvalue weighted by molar-refractivity contribution is 0.426. The molecule has 0 spiro atoms. The molecule has 0 aliphatic carbocycles. The molecule has 0 unspecified atom stereocenters. The van der Waals surface area contributed by atoms with Gasteiger partial charge in [-0.25, -0.2) is 13.1 Å². The Hall–Kier alpha value is -2.44. The molecule has 0 bridgehead atoms. The van der Waals surface area contributed by atoms with Crippen molar-refractivity contribution in [1.29, 1.82) is 0 Å². The lowest BCUT2D eigenvalue weighted by atomic mass is 10.1. The lowest BCUT2D eigenvalue weighted by Gasteiger charge is -2.11. The van der Waals surface area contributed by atoms with E-state index in [0.29, 0.717) is 29.9 Å². The maximum atomic E-state index is 12.8. The molecule has 0 fully saturated rings. The van der Waals surface area contributed by atoms with Gasteiger partial charge in [-0.1, -0.05) is 47.6 Å². The van der Waals surface area contributed by atoms with Crippen molar-refractivity contribution in [3.63, 3.8) is 0 Å². The van der Waals surface area contributed by atoms with Gasteiger partial charge in [-0.15, -0.1) is 0 Å². The first-order valence-corrected chi connectivity index (χ1v) is 9.94. The molecule has 0 radical (unpaired) electrons. The molecule has 1 aromatic heterocycles. The van der Waals surface area contributed by atoms with E-state index < -0.39 is 10.0 Å². The maximum Gasteiger partial charge on any atom is 0.240 e. The largest absolute Gasteiger partial charge is 0.356 e. The number of aryl methyl sites for hydroxylation is 2. The molecule has 0 saturated carbocycles. The Balaban J connectivity index is 1.82. The topological polar surface area (TPSA) is 72.2 Å². The second kappa shape index (κ2) is 7.43. The SMILES string of the molecule is Cc1ccc(-c2onc(C)c2C)cc1S(=O)(=O)NCCc1ccccc1. The van der Waals surface area contributed by atoms with Crippen molar-refractivity contribution in [3.8, 4) is 11.3 Å². The van der Waals surface area contributed by atoms with Crippen molar-refractivity contribution in [1.82, 2.24) is 9.88 Å². The van der Waals surface area contributed by atoms with Crippen LogP contribution in [0.15, 0.2) is 57.9 Å². The van der Waals surface area contributed by atoms with E-state index in [4.69, 9.17) is 4.52 Å². The first kappa shape index (κ1) is 18.4. The van der Waals surface area contributed by atoms with Crippen LogP contribution >= 0.6 is 0 Å². The van der Waals surface area contributed by atoms with Crippen LogP contribution < -0.4 is 4.72 Å². The molecule has 5 nitrogen and oxygen atoms in total. The highest BCUT2D eigenvalue weighted by Crippen LogP contribution is 2.28. The lowest BCUT2D eigenvalue weighted by Crippen LogP contribution is -2.26. The van der Waals surface area contributed by atoms with Gasteiger partial charge in [0.15, 0.2) is 5.76 Å². The van der Waals surface area contributed by atoms with Crippen molar-refractivity contribution >= 4 is 10.0 Å². The second-order valence-corrected chi connectivity index (χ2v) is 8.07. The van der Waals surface area contributed by atoms with Gasteiger partial charge in [-0.2, -0.15) is 0 Å². The highest BCUT2D eigenvalue weighted by atomic mass is 32.2. The van der Waals surface area contributed by atoms with Gasteiger partial charge in [0.25, 0.3) is 0 Å². The number of benzene rings is 2. The van der Waals surface area contributed by atoms with Crippen LogP contribution in [0.4, 0.5) is 0 Å². The van der Waals surface area contributed by atoms with Crippen molar-refractivity contribution < 1.29 is 12.9 Å². The molecule has 136 valence electrons. The maximum absolute atomic E-state index is 12.8. The normalized spacial score (nSPS) is 11.7. The predicted octanol–water partition coefficient (Wildman–Crippen LogP) is 3.79. The summed E-state index contributed by atoms with van der Waals surface area (Å²) in [6, 6.07) is 15.1. The Morgan fingerprint density at radius 1 is 1.04 bits per heavy atom. The fraction of sp³-hybridized carbons (Fsp3) is 0.250. The summed E-state index contributed by atoms with van der Waals surface area (Å²) in [5, 5.41) is 3.95. The standard InChI is InChI=1S/C20H22N2O3S/c1-14-9-10-18(20-15(2)16(3)22-25-20)13-19(14)26(23,24)21-12-11-17-7-5-4-6-8-17/h4-10,13,21H,11-12H2,1-3H3. The third kappa shape index (κ3) is 3.86. The smallest absolute Gasteiger partial charge is 0.240 e. The highest BCUT2D eigenvalue weighted by molar-refractivity contribution is 7.89. The quantitative estimate of drug-likeness (QED) is 0.716. The van der Waals surface area contributed by atoms with Crippen molar-refractivity contribution in [3.05, 3.63) is 70.9 Å². The molecular weight excluding hydrogens is 348 g/mol. The summed E-state index contributed by atoms with van der Waals surface area (Å²) in [6.07, 6.45) is 0.638. The minimum atomic E-state index is -3.61. The molecule has 1 heterocycles. The van der Waals surface area contributed by atoms with Gasteiger partial charge >= 0.3 is 0 Å². The summed E-state index contributed by atoms with van der Waals surface area (Å²) < 4.78 is 33.6. The van der Waals surface area contributed by atoms with Crippen LogP contribution in [0.1, 0.15) is 22.4 Å². The third-order valence-corrected chi connectivity index (χ3v) is 6.05. The molecule has 0 aliphatic rings. The molecule has 0 saturated heterocycles. The Bertz CT molecular complexity index is 1010. The van der Waals surface area contributed by atoms with E-state index in [-0.39, 0.29) is 4.90 Å². The van der Waals surface area contributed by atoms with Crippen molar-refractivity contribution in [2.75, 3.05) is 6.54 Å². The van der Waals surface area contributed by atoms with Crippen LogP contribution in [-0.2, 0) is 16.4 Å². The van der Waals surface area contributed by atoms with E-state index in [1.54, 1.807) is 19.1 Å². The predicted molar refractivity (Wildman–Crippen MR) is 101 cm³/mol. The summed E-state index contributed by atoms with van der Waals surface area (Å²) in [7, 11) is -3.61. The summed E-state index contributed by atoms with van der Waals surface area (Å²) >= 11 is 0. The fourth-order valence-corrected chi connectivity index (χ4v) is 4.07. The molecular formula is C20H22N2O3S. The molecule has 1 N–H and O–H groups in total. The van der Waals surface area contributed by atoms with E-state index in [2.05, 4.69) is 9.88 Å². The van der Waals surface area contributed by atoms with Gasteiger partial charge in [0.2, 0.25) is 10.0 Å². The zero-order valence-electron chi connectivity index (χ0n) is 15.1. The average molecular weight is 370 g/mol. The zero-order chi connectivity index (χ0) is 18.7. The number of hydrogen-bond acceptors (Lipinski definition) is 4. The second-order valence-electron chi connectivity index (χ2n) is 6.34. The summed E-state index contributed by atoms with van der Waals surface area (Å²) in [5.74, 6) is 0.600. The van der Waals surface area contributed by atoms with E-state index in [1.165, 1.54) is 0 Å². The molecule has 6 heteroatoms. The third-order valence-electron chi connectivity index (χ3n) is 4.45. The number of nitrogens with zero attached hydrogens (tertiary/aromatic N) is 1. The van der Waals surface area contributed by atoms with E-state index in [9.17, 15) is 8.42 Å². The van der Waals surface area contributed by atoms with Crippen LogP contribution in [-0.4, -0.2) is 20.1 Å². The van der Waals surface area contributed by atoms with Crippen LogP contribution in [0, 0.1) is 20.8 Å². The van der Waals surface area contributed by atoms with Gasteiger partial charge in [-0.05, 0) is 44.4 Å². The molecule has 26 heavy (non-hydrogen) atoms. The van der Waals surface area contributed by atoms with E-state index in [1.807, 2.05) is 50.2 Å².